The number of aliphatic hydroxyl groups excluding tert-OH is 1. The van der Waals surface area contributed by atoms with Crippen LogP contribution in [0.2, 0.25) is 0 Å². The molecule has 128 valence electrons. The Morgan fingerprint density at radius 3 is 2.54 bits per heavy atom. The maximum Gasteiger partial charge on any atom is 0.131 e. The summed E-state index contributed by atoms with van der Waals surface area (Å²) in [6.45, 7) is 1.41. The summed E-state index contributed by atoms with van der Waals surface area (Å²) in [4.78, 5) is 1.86. The van der Waals surface area contributed by atoms with Crippen LogP contribution in [0.1, 0.15) is 23.3 Å². The van der Waals surface area contributed by atoms with Crippen molar-refractivity contribution in [2.24, 2.45) is 0 Å². The van der Waals surface area contributed by atoms with Crippen LogP contribution >= 0.6 is 0 Å². The van der Waals surface area contributed by atoms with Gasteiger partial charge in [0.15, 0.2) is 0 Å². The summed E-state index contributed by atoms with van der Waals surface area (Å²) < 4.78 is 46.5. The van der Waals surface area contributed by atoms with Gasteiger partial charge in [-0.3, -0.25) is 4.90 Å². The number of halogens is 3. The van der Waals surface area contributed by atoms with E-state index < -0.39 is 17.7 Å². The van der Waals surface area contributed by atoms with Crippen molar-refractivity contribution in [2.45, 2.75) is 12.2 Å². The molecule has 1 heterocycles. The minimum atomic E-state index is -1.28. The van der Waals surface area contributed by atoms with E-state index in [-0.39, 0.29) is 24.0 Å². The lowest BCUT2D eigenvalue weighted by Gasteiger charge is -2.34. The molecule has 3 nitrogen and oxygen atoms in total. The van der Waals surface area contributed by atoms with Gasteiger partial charge < -0.3 is 9.84 Å². The summed E-state index contributed by atoms with van der Waals surface area (Å²) in [5.74, 6) is -1.88. The van der Waals surface area contributed by atoms with Gasteiger partial charge in [-0.25, -0.2) is 13.2 Å². The molecule has 3 rings (SSSR count). The molecular formula is C18H18F3NO2. The number of rotatable bonds is 4. The first-order valence-electron chi connectivity index (χ1n) is 7.76. The Hall–Kier alpha value is -1.89. The van der Waals surface area contributed by atoms with Crippen LogP contribution in [0.4, 0.5) is 13.2 Å². The van der Waals surface area contributed by atoms with Gasteiger partial charge in [-0.1, -0.05) is 18.2 Å². The van der Waals surface area contributed by atoms with E-state index in [4.69, 9.17) is 4.74 Å². The van der Waals surface area contributed by atoms with E-state index in [0.29, 0.717) is 25.3 Å². The first kappa shape index (κ1) is 17.0. The molecule has 0 radical (unpaired) electrons. The number of aliphatic hydroxyl groups is 1. The minimum absolute atomic E-state index is 0.0764. The van der Waals surface area contributed by atoms with Gasteiger partial charge in [0.1, 0.15) is 17.5 Å². The second-order valence-electron chi connectivity index (χ2n) is 5.83. The fourth-order valence-electron chi connectivity index (χ4n) is 2.94. The molecule has 0 bridgehead atoms. The quantitative estimate of drug-likeness (QED) is 0.930. The molecule has 2 aromatic carbocycles. The Morgan fingerprint density at radius 2 is 1.83 bits per heavy atom. The van der Waals surface area contributed by atoms with Crippen LogP contribution in [0.5, 0.6) is 0 Å². The van der Waals surface area contributed by atoms with Crippen LogP contribution < -0.4 is 0 Å². The zero-order valence-corrected chi connectivity index (χ0v) is 13.0. The first-order valence-corrected chi connectivity index (χ1v) is 7.76. The largest absolute Gasteiger partial charge is 0.387 e. The van der Waals surface area contributed by atoms with Crippen LogP contribution in [0.3, 0.4) is 0 Å². The van der Waals surface area contributed by atoms with Gasteiger partial charge in [0.2, 0.25) is 0 Å². The molecule has 0 spiro atoms. The Balaban J connectivity index is 1.69. The molecule has 6 heteroatoms. The molecule has 2 unspecified atom stereocenters. The Labute approximate surface area is 138 Å². The molecule has 1 aliphatic rings. The van der Waals surface area contributed by atoms with E-state index in [0.717, 1.165) is 12.1 Å². The van der Waals surface area contributed by atoms with Gasteiger partial charge in [0.05, 0.1) is 24.4 Å². The summed E-state index contributed by atoms with van der Waals surface area (Å²) in [6.07, 6.45) is -1.62. The van der Waals surface area contributed by atoms with Crippen molar-refractivity contribution in [3.05, 3.63) is 71.0 Å². The summed E-state index contributed by atoms with van der Waals surface area (Å²) in [7, 11) is 0. The highest BCUT2D eigenvalue weighted by molar-refractivity contribution is 5.23. The average Bonchev–Trinajstić information content (AvgIpc) is 2.55. The summed E-state index contributed by atoms with van der Waals surface area (Å²) >= 11 is 0. The first-order chi connectivity index (χ1) is 11.5. The number of β-amino-alcohol motifs (C(OH)–C–C–N with tert-alkyl or cyclic N) is 1. The number of morpholine rings is 1. The van der Waals surface area contributed by atoms with Crippen LogP contribution in [0, 0.1) is 17.5 Å². The standard InChI is InChI=1S/C18H18F3NO2/c19-13-4-1-3-12(9-13)17-11-22(7-8-24-17)10-16(23)18-14(20)5-2-6-15(18)21/h1-6,9,16-17,23H,7-8,10-11H2. The molecule has 0 amide bonds. The predicted octanol–water partition coefficient (Wildman–Crippen LogP) is 3.21. The van der Waals surface area contributed by atoms with Crippen LogP contribution in [-0.4, -0.2) is 36.2 Å². The second kappa shape index (κ2) is 7.34. The molecule has 2 aromatic rings. The lowest BCUT2D eigenvalue weighted by molar-refractivity contribution is -0.0430. The highest BCUT2D eigenvalue weighted by atomic mass is 19.1. The molecule has 2 atom stereocenters. The number of hydrogen-bond donors (Lipinski definition) is 1. The highest BCUT2D eigenvalue weighted by Crippen LogP contribution is 2.26. The van der Waals surface area contributed by atoms with Crippen molar-refractivity contribution in [3.63, 3.8) is 0 Å². The molecule has 0 saturated carbocycles. The van der Waals surface area contributed by atoms with Gasteiger partial charge in [0, 0.05) is 19.6 Å². The average molecular weight is 337 g/mol. The van der Waals surface area contributed by atoms with E-state index in [1.54, 1.807) is 12.1 Å². The molecule has 1 aliphatic heterocycles. The SMILES string of the molecule is OC(CN1CCOC(c2cccc(F)c2)C1)c1c(F)cccc1F. The van der Waals surface area contributed by atoms with Gasteiger partial charge in [-0.2, -0.15) is 0 Å². The normalized spacial score (nSPS) is 20.1. The fraction of sp³-hybridized carbons (Fsp3) is 0.333. The molecule has 24 heavy (non-hydrogen) atoms. The molecule has 0 aromatic heterocycles. The van der Waals surface area contributed by atoms with Gasteiger partial charge in [-0.15, -0.1) is 0 Å². The molecule has 1 N–H and O–H groups in total. The predicted molar refractivity (Wildman–Crippen MR) is 82.9 cm³/mol. The van der Waals surface area contributed by atoms with E-state index >= 15 is 0 Å². The highest BCUT2D eigenvalue weighted by Gasteiger charge is 2.26. The monoisotopic (exact) mass is 337 g/mol. The summed E-state index contributed by atoms with van der Waals surface area (Å²) in [5, 5.41) is 10.2. The number of hydrogen-bond acceptors (Lipinski definition) is 3. The Bertz CT molecular complexity index is 690. The fourth-order valence-corrected chi connectivity index (χ4v) is 2.94. The maximum absolute atomic E-state index is 13.8. The summed E-state index contributed by atoms with van der Waals surface area (Å²) in [5.41, 5.74) is 0.373. The van der Waals surface area contributed by atoms with Crippen molar-refractivity contribution in [3.8, 4) is 0 Å². The van der Waals surface area contributed by atoms with Crippen molar-refractivity contribution < 1.29 is 23.0 Å². The zero-order chi connectivity index (χ0) is 17.1. The molecule has 1 saturated heterocycles. The van der Waals surface area contributed by atoms with Crippen molar-refractivity contribution in [1.82, 2.24) is 4.90 Å². The number of nitrogens with zero attached hydrogens (tertiary/aromatic N) is 1. The van der Waals surface area contributed by atoms with Crippen LogP contribution in [-0.2, 0) is 4.74 Å². The Kier molecular flexibility index (Phi) is 5.18. The van der Waals surface area contributed by atoms with E-state index in [2.05, 4.69) is 0 Å². The topological polar surface area (TPSA) is 32.7 Å². The third-order valence-electron chi connectivity index (χ3n) is 4.14. The lowest BCUT2D eigenvalue weighted by Crippen LogP contribution is -2.40. The van der Waals surface area contributed by atoms with Gasteiger partial charge in [-0.05, 0) is 29.8 Å². The number of ether oxygens (including phenoxy) is 1. The zero-order valence-electron chi connectivity index (χ0n) is 13.0. The number of benzene rings is 2. The van der Waals surface area contributed by atoms with E-state index in [1.807, 2.05) is 4.90 Å². The Morgan fingerprint density at radius 1 is 1.12 bits per heavy atom. The summed E-state index contributed by atoms with van der Waals surface area (Å²) in [6, 6.07) is 9.64. The van der Waals surface area contributed by atoms with Gasteiger partial charge in [0.25, 0.3) is 0 Å². The van der Waals surface area contributed by atoms with E-state index in [9.17, 15) is 18.3 Å². The molecule has 1 fully saturated rings. The smallest absolute Gasteiger partial charge is 0.131 e. The van der Waals surface area contributed by atoms with Crippen molar-refractivity contribution in [1.29, 1.82) is 0 Å². The molecule has 0 aliphatic carbocycles. The second-order valence-corrected chi connectivity index (χ2v) is 5.83. The lowest BCUT2D eigenvalue weighted by atomic mass is 10.0. The maximum atomic E-state index is 13.8. The van der Waals surface area contributed by atoms with Crippen LogP contribution in [0.15, 0.2) is 42.5 Å². The van der Waals surface area contributed by atoms with Crippen LogP contribution in [0.25, 0.3) is 0 Å². The minimum Gasteiger partial charge on any atom is -0.387 e. The van der Waals surface area contributed by atoms with Gasteiger partial charge >= 0.3 is 0 Å². The third-order valence-corrected chi connectivity index (χ3v) is 4.14. The van der Waals surface area contributed by atoms with Crippen molar-refractivity contribution >= 4 is 0 Å². The molecular weight excluding hydrogens is 319 g/mol. The van der Waals surface area contributed by atoms with E-state index in [1.165, 1.54) is 18.2 Å². The third kappa shape index (κ3) is 3.77. The van der Waals surface area contributed by atoms with Crippen molar-refractivity contribution in [2.75, 3.05) is 26.2 Å².